The van der Waals surface area contributed by atoms with Crippen LogP contribution in [0.15, 0.2) is 48.5 Å². The number of carbonyl (C=O) groups is 2. The fraction of sp³-hybridized carbons (Fsp3) is 0.263. The third-order valence-electron chi connectivity index (χ3n) is 4.02. The van der Waals surface area contributed by atoms with Gasteiger partial charge in [-0.2, -0.15) is 0 Å². The molecule has 0 aliphatic carbocycles. The summed E-state index contributed by atoms with van der Waals surface area (Å²) in [6.07, 6.45) is 0. The van der Waals surface area contributed by atoms with Crippen molar-refractivity contribution in [3.05, 3.63) is 59.1 Å². The average Bonchev–Trinajstić information content (AvgIpc) is 2.58. The molecule has 2 amide bonds. The summed E-state index contributed by atoms with van der Waals surface area (Å²) >= 11 is 5.83. The van der Waals surface area contributed by atoms with Gasteiger partial charge in [-0.15, -0.1) is 0 Å². The maximum absolute atomic E-state index is 12.3. The van der Waals surface area contributed by atoms with Gasteiger partial charge in [-0.25, -0.2) is 0 Å². The molecule has 2 atom stereocenters. The normalized spacial score (nSPS) is 13.0. The second kappa shape index (κ2) is 8.65. The number of aryl methyl sites for hydroxylation is 1. The topological polar surface area (TPSA) is 62.6 Å². The summed E-state index contributed by atoms with van der Waals surface area (Å²) in [5.41, 5.74) is 2.56. The summed E-state index contributed by atoms with van der Waals surface area (Å²) in [7, 11) is 1.82. The van der Waals surface area contributed by atoms with Crippen molar-refractivity contribution in [2.24, 2.45) is 0 Å². The van der Waals surface area contributed by atoms with Crippen molar-refractivity contribution in [3.63, 3.8) is 0 Å². The standard InChI is InChI=1S/C19H22ClN3O2/c1-13-4-8-16(9-5-13)21-18(24)12-23(3)14(2)19(25)22-17-10-6-15(20)7-11-17/h4-11,14H,12H2,1-3H3,(H,21,24)(H,22,25)/p+1/t14-/m0/s1. The third-order valence-corrected chi connectivity index (χ3v) is 4.27. The smallest absolute Gasteiger partial charge is 0.282 e. The molecule has 0 aliphatic rings. The Bertz CT molecular complexity index is 729. The van der Waals surface area contributed by atoms with Gasteiger partial charge in [0.25, 0.3) is 11.8 Å². The summed E-state index contributed by atoms with van der Waals surface area (Å²) < 4.78 is 0. The number of halogens is 1. The average molecular weight is 361 g/mol. The second-order valence-corrected chi connectivity index (χ2v) is 6.59. The monoisotopic (exact) mass is 360 g/mol. The van der Waals surface area contributed by atoms with Crippen molar-refractivity contribution in [2.75, 3.05) is 24.2 Å². The van der Waals surface area contributed by atoms with Crippen LogP contribution in [-0.4, -0.2) is 31.4 Å². The molecule has 1 unspecified atom stereocenters. The molecule has 3 N–H and O–H groups in total. The van der Waals surface area contributed by atoms with E-state index in [9.17, 15) is 9.59 Å². The summed E-state index contributed by atoms with van der Waals surface area (Å²) in [5, 5.41) is 6.29. The number of amides is 2. The molecule has 0 fully saturated rings. The minimum Gasteiger partial charge on any atom is -0.321 e. The fourth-order valence-electron chi connectivity index (χ4n) is 2.26. The van der Waals surface area contributed by atoms with Crippen LogP contribution in [-0.2, 0) is 9.59 Å². The molecule has 0 radical (unpaired) electrons. The van der Waals surface area contributed by atoms with Crippen LogP contribution in [0.25, 0.3) is 0 Å². The highest BCUT2D eigenvalue weighted by atomic mass is 35.5. The van der Waals surface area contributed by atoms with Crippen LogP contribution in [0.5, 0.6) is 0 Å². The molecule has 0 saturated carbocycles. The Morgan fingerprint density at radius 3 is 2.12 bits per heavy atom. The lowest BCUT2D eigenvalue weighted by Crippen LogP contribution is -3.14. The quantitative estimate of drug-likeness (QED) is 0.739. The van der Waals surface area contributed by atoms with Gasteiger partial charge in [-0.3, -0.25) is 9.59 Å². The first-order valence-corrected chi connectivity index (χ1v) is 8.48. The van der Waals surface area contributed by atoms with Crippen molar-refractivity contribution in [1.29, 1.82) is 0 Å². The van der Waals surface area contributed by atoms with Crippen molar-refractivity contribution in [2.45, 2.75) is 19.9 Å². The highest BCUT2D eigenvalue weighted by molar-refractivity contribution is 6.30. The highest BCUT2D eigenvalue weighted by Gasteiger charge is 2.24. The van der Waals surface area contributed by atoms with Crippen LogP contribution in [0.2, 0.25) is 5.02 Å². The van der Waals surface area contributed by atoms with Gasteiger partial charge in [0.2, 0.25) is 0 Å². The molecule has 0 aliphatic heterocycles. The lowest BCUT2D eigenvalue weighted by atomic mass is 10.2. The highest BCUT2D eigenvalue weighted by Crippen LogP contribution is 2.13. The molecule has 2 aromatic rings. The summed E-state index contributed by atoms with van der Waals surface area (Å²) in [4.78, 5) is 25.3. The Kier molecular flexibility index (Phi) is 6.56. The van der Waals surface area contributed by atoms with Crippen LogP contribution < -0.4 is 15.5 Å². The van der Waals surface area contributed by atoms with E-state index in [-0.39, 0.29) is 24.4 Å². The molecular formula is C19H23ClN3O2+. The van der Waals surface area contributed by atoms with Gasteiger partial charge in [-0.05, 0) is 50.2 Å². The zero-order chi connectivity index (χ0) is 18.4. The first-order valence-electron chi connectivity index (χ1n) is 8.10. The lowest BCUT2D eigenvalue weighted by Gasteiger charge is -2.20. The van der Waals surface area contributed by atoms with Crippen molar-refractivity contribution >= 4 is 34.8 Å². The second-order valence-electron chi connectivity index (χ2n) is 6.16. The van der Waals surface area contributed by atoms with Gasteiger partial charge < -0.3 is 15.5 Å². The van der Waals surface area contributed by atoms with E-state index in [1.807, 2.05) is 38.2 Å². The SMILES string of the molecule is Cc1ccc(NC(=O)C[NH+](C)[C@@H](C)C(=O)Nc2ccc(Cl)cc2)cc1. The Hall–Kier alpha value is -2.37. The molecule has 0 bridgehead atoms. The van der Waals surface area contributed by atoms with E-state index in [0.29, 0.717) is 10.7 Å². The van der Waals surface area contributed by atoms with Gasteiger partial charge in [0.1, 0.15) is 0 Å². The van der Waals surface area contributed by atoms with E-state index in [2.05, 4.69) is 10.6 Å². The van der Waals surface area contributed by atoms with Gasteiger partial charge in [0.15, 0.2) is 12.6 Å². The summed E-state index contributed by atoms with van der Waals surface area (Å²) in [5.74, 6) is -0.282. The number of nitrogens with one attached hydrogen (secondary N) is 3. The number of quaternary nitrogens is 1. The van der Waals surface area contributed by atoms with Crippen molar-refractivity contribution in [3.8, 4) is 0 Å². The molecule has 0 spiro atoms. The maximum Gasteiger partial charge on any atom is 0.282 e. The van der Waals surface area contributed by atoms with Crippen molar-refractivity contribution < 1.29 is 14.5 Å². The molecular weight excluding hydrogens is 338 g/mol. The van der Waals surface area contributed by atoms with Gasteiger partial charge in [-0.1, -0.05) is 29.3 Å². The molecule has 0 aromatic heterocycles. The zero-order valence-electron chi connectivity index (χ0n) is 14.6. The summed E-state index contributed by atoms with van der Waals surface area (Å²) in [6.45, 7) is 3.98. The predicted octanol–water partition coefficient (Wildman–Crippen LogP) is 2.13. The number of carbonyl (C=O) groups excluding carboxylic acids is 2. The first kappa shape index (κ1) is 19.0. The largest absolute Gasteiger partial charge is 0.321 e. The first-order chi connectivity index (χ1) is 11.8. The van der Waals surface area contributed by atoms with E-state index in [1.165, 1.54) is 0 Å². The maximum atomic E-state index is 12.3. The Balaban J connectivity index is 1.86. The minimum absolute atomic E-state index is 0.132. The number of anilines is 2. The predicted molar refractivity (Wildman–Crippen MR) is 101 cm³/mol. The summed E-state index contributed by atoms with van der Waals surface area (Å²) in [6, 6.07) is 14.1. The van der Waals surface area contributed by atoms with Gasteiger partial charge >= 0.3 is 0 Å². The molecule has 6 heteroatoms. The Morgan fingerprint density at radius 1 is 1.00 bits per heavy atom. The molecule has 25 heavy (non-hydrogen) atoms. The molecule has 2 rings (SSSR count). The van der Waals surface area contributed by atoms with Crippen LogP contribution in [0.4, 0.5) is 11.4 Å². The van der Waals surface area contributed by atoms with Crippen LogP contribution in [0.1, 0.15) is 12.5 Å². The van der Waals surface area contributed by atoms with Gasteiger partial charge in [0.05, 0.1) is 7.05 Å². The number of hydrogen-bond donors (Lipinski definition) is 3. The van der Waals surface area contributed by atoms with Crippen LogP contribution in [0.3, 0.4) is 0 Å². The number of rotatable bonds is 6. The zero-order valence-corrected chi connectivity index (χ0v) is 15.4. The van der Waals surface area contributed by atoms with Gasteiger partial charge in [0, 0.05) is 16.4 Å². The number of likely N-dealkylation sites (N-methyl/N-ethyl adjacent to an activating group) is 1. The van der Waals surface area contributed by atoms with E-state index in [1.54, 1.807) is 31.2 Å². The van der Waals surface area contributed by atoms with Crippen LogP contribution in [0, 0.1) is 6.92 Å². The molecule has 2 aromatic carbocycles. The molecule has 0 saturated heterocycles. The Morgan fingerprint density at radius 2 is 1.52 bits per heavy atom. The fourth-order valence-corrected chi connectivity index (χ4v) is 2.38. The molecule has 0 heterocycles. The third kappa shape index (κ3) is 5.89. The van der Waals surface area contributed by atoms with Crippen LogP contribution >= 0.6 is 11.6 Å². The Labute approximate surface area is 153 Å². The van der Waals surface area contributed by atoms with E-state index in [4.69, 9.17) is 11.6 Å². The van der Waals surface area contributed by atoms with E-state index in [0.717, 1.165) is 16.2 Å². The van der Waals surface area contributed by atoms with E-state index < -0.39 is 0 Å². The van der Waals surface area contributed by atoms with E-state index >= 15 is 0 Å². The molecule has 132 valence electrons. The lowest BCUT2D eigenvalue weighted by molar-refractivity contribution is -0.885. The molecule has 5 nitrogen and oxygen atoms in total. The van der Waals surface area contributed by atoms with Crippen molar-refractivity contribution in [1.82, 2.24) is 0 Å². The number of hydrogen-bond acceptors (Lipinski definition) is 2. The minimum atomic E-state index is -0.376. The number of benzene rings is 2.